The number of hydrogen-bond donors (Lipinski definition) is 1. The lowest BCUT2D eigenvalue weighted by Gasteiger charge is -2.06. The number of nitrogens with two attached hydrogens (primary N) is 1. The predicted octanol–water partition coefficient (Wildman–Crippen LogP) is 0.875. The van der Waals surface area contributed by atoms with Crippen LogP contribution in [0.4, 0.5) is 0 Å². The fraction of sp³-hybridized carbons (Fsp3) is 0.400. The van der Waals surface area contributed by atoms with Gasteiger partial charge in [0.1, 0.15) is 5.69 Å². The van der Waals surface area contributed by atoms with Gasteiger partial charge in [0.2, 0.25) is 0 Å². The van der Waals surface area contributed by atoms with E-state index < -0.39 is 0 Å². The molecule has 2 rings (SSSR count). The summed E-state index contributed by atoms with van der Waals surface area (Å²) in [5.41, 5.74) is 8.10. The molecule has 0 saturated heterocycles. The van der Waals surface area contributed by atoms with Crippen molar-refractivity contribution in [3.8, 4) is 0 Å². The minimum atomic E-state index is 0.449. The van der Waals surface area contributed by atoms with Crippen molar-refractivity contribution < 1.29 is 4.79 Å². The molecule has 0 amide bonds. The summed E-state index contributed by atoms with van der Waals surface area (Å²) in [4.78, 5) is 14.6. The Hall–Kier alpha value is -1.22. The lowest BCUT2D eigenvalue weighted by Crippen LogP contribution is -2.05. The summed E-state index contributed by atoms with van der Waals surface area (Å²) in [6, 6.07) is 1.88. The van der Waals surface area contributed by atoms with Crippen LogP contribution in [0.5, 0.6) is 0 Å². The van der Waals surface area contributed by atoms with Crippen LogP contribution in [-0.4, -0.2) is 11.3 Å². The molecule has 2 N–H and O–H groups in total. The highest BCUT2D eigenvalue weighted by Crippen LogP contribution is 2.42. The van der Waals surface area contributed by atoms with Gasteiger partial charge in [-0.25, -0.2) is 0 Å². The monoisotopic (exact) mass is 175 g/mol. The molecule has 1 aromatic heterocycles. The van der Waals surface area contributed by atoms with E-state index in [0.29, 0.717) is 18.2 Å². The lowest BCUT2D eigenvalue weighted by atomic mass is 10.0. The highest BCUT2D eigenvalue weighted by atomic mass is 16.1. The molecule has 0 spiro atoms. The Kier molecular flexibility index (Phi) is 2.10. The van der Waals surface area contributed by atoms with Crippen molar-refractivity contribution in [2.45, 2.75) is 25.3 Å². The first-order valence-electron chi connectivity index (χ1n) is 4.42. The average Bonchev–Trinajstić information content (AvgIpc) is 3.00. The zero-order valence-corrected chi connectivity index (χ0v) is 7.29. The molecule has 0 aromatic carbocycles. The molecule has 1 saturated carbocycles. The molecule has 0 atom stereocenters. The fourth-order valence-corrected chi connectivity index (χ4v) is 1.60. The molecule has 0 unspecified atom stereocenters. The maximum atomic E-state index is 10.6. The number of aromatic nitrogens is 1. The second kappa shape index (κ2) is 3.26. The smallest absolute Gasteiger partial charge is 0.253 e. The Morgan fingerprint density at radius 3 is 2.92 bits per heavy atom. The molecule has 1 aliphatic rings. The van der Waals surface area contributed by atoms with E-state index in [1.165, 1.54) is 0 Å². The first-order chi connectivity index (χ1) is 6.36. The van der Waals surface area contributed by atoms with Crippen molar-refractivity contribution in [2.24, 2.45) is 5.73 Å². The topological polar surface area (TPSA) is 56.0 Å². The van der Waals surface area contributed by atoms with E-state index in [-0.39, 0.29) is 0 Å². The van der Waals surface area contributed by atoms with E-state index in [1.54, 1.807) is 6.20 Å². The van der Waals surface area contributed by atoms with E-state index in [4.69, 9.17) is 5.73 Å². The van der Waals surface area contributed by atoms with Gasteiger partial charge in [-0.2, -0.15) is 0 Å². The van der Waals surface area contributed by atoms with Crippen molar-refractivity contribution in [2.75, 3.05) is 0 Å². The van der Waals surface area contributed by atoms with Gasteiger partial charge in [-0.3, -0.25) is 9.78 Å². The largest absolute Gasteiger partial charge is 0.326 e. The second-order valence-corrected chi connectivity index (χ2v) is 3.31. The van der Waals surface area contributed by atoms with Crippen molar-refractivity contribution in [1.82, 2.24) is 4.98 Å². The van der Waals surface area contributed by atoms with E-state index in [0.717, 1.165) is 24.0 Å². The van der Waals surface area contributed by atoms with Gasteiger partial charge in [0.15, 0.2) is 0 Å². The predicted molar refractivity (Wildman–Crippen MR) is 48.9 cm³/mol. The quantitative estimate of drug-likeness (QED) is 0.741. The minimum Gasteiger partial charge on any atom is -0.326 e. The van der Waals surface area contributed by atoms with Crippen LogP contribution in [0.15, 0.2) is 12.3 Å². The summed E-state index contributed by atoms with van der Waals surface area (Å²) in [5.74, 6) is 0.503. The fourth-order valence-electron chi connectivity index (χ4n) is 1.60. The molecular formula is C10H11N2O. The third-order valence-electron chi connectivity index (χ3n) is 2.38. The third kappa shape index (κ3) is 1.47. The molecular weight excluding hydrogens is 164 g/mol. The molecule has 67 valence electrons. The maximum absolute atomic E-state index is 10.6. The number of nitrogens with zero attached hydrogens (tertiary/aromatic N) is 1. The van der Waals surface area contributed by atoms with Crippen molar-refractivity contribution >= 4 is 6.29 Å². The molecule has 1 aliphatic carbocycles. The van der Waals surface area contributed by atoms with E-state index >= 15 is 0 Å². The summed E-state index contributed by atoms with van der Waals surface area (Å²) in [6.07, 6.45) is 5.79. The van der Waals surface area contributed by atoms with Gasteiger partial charge in [0.05, 0.1) is 0 Å². The number of rotatable bonds is 3. The number of pyridine rings is 1. The van der Waals surface area contributed by atoms with Crippen molar-refractivity contribution in [1.29, 1.82) is 0 Å². The molecule has 1 radical (unpaired) electrons. The van der Waals surface area contributed by atoms with Crippen LogP contribution >= 0.6 is 0 Å². The molecule has 1 heterocycles. The summed E-state index contributed by atoms with van der Waals surface area (Å²) in [6.45, 7) is 0.475. The Morgan fingerprint density at radius 2 is 2.38 bits per heavy atom. The number of carbonyl (C=O) groups excluding carboxylic acids is 1. The molecule has 0 bridgehead atoms. The van der Waals surface area contributed by atoms with Gasteiger partial charge in [0.25, 0.3) is 6.29 Å². The molecule has 3 heteroatoms. The van der Waals surface area contributed by atoms with E-state index in [2.05, 4.69) is 4.98 Å². The van der Waals surface area contributed by atoms with Crippen molar-refractivity contribution in [3.63, 3.8) is 0 Å². The first-order valence-corrected chi connectivity index (χ1v) is 4.42. The van der Waals surface area contributed by atoms with Gasteiger partial charge < -0.3 is 5.73 Å². The average molecular weight is 175 g/mol. The second-order valence-electron chi connectivity index (χ2n) is 3.31. The normalized spacial score (nSPS) is 15.8. The van der Waals surface area contributed by atoms with E-state index in [9.17, 15) is 4.79 Å². The highest BCUT2D eigenvalue weighted by Gasteiger charge is 2.28. The summed E-state index contributed by atoms with van der Waals surface area (Å²) in [5, 5.41) is 0. The van der Waals surface area contributed by atoms with Gasteiger partial charge in [-0.05, 0) is 36.0 Å². The lowest BCUT2D eigenvalue weighted by molar-refractivity contribution is 0.561. The molecule has 1 aromatic rings. The molecule has 0 aliphatic heterocycles. The first kappa shape index (κ1) is 8.38. The number of hydrogen-bond acceptors (Lipinski definition) is 3. The summed E-state index contributed by atoms with van der Waals surface area (Å²) < 4.78 is 0. The highest BCUT2D eigenvalue weighted by molar-refractivity contribution is 5.76. The van der Waals surface area contributed by atoms with Crippen LogP contribution in [0.2, 0.25) is 0 Å². The summed E-state index contributed by atoms with van der Waals surface area (Å²) >= 11 is 0. The minimum absolute atomic E-state index is 0.449. The third-order valence-corrected chi connectivity index (χ3v) is 2.38. The molecule has 3 nitrogen and oxygen atoms in total. The Morgan fingerprint density at radius 1 is 1.62 bits per heavy atom. The van der Waals surface area contributed by atoms with Crippen LogP contribution in [0.1, 0.15) is 35.6 Å². The van der Waals surface area contributed by atoms with Gasteiger partial charge in [0, 0.05) is 12.7 Å². The standard InChI is InChI=1S/C10H11N2O/c11-5-8-3-4-12-9(6-13)10(8)7-1-2-7/h3-4,7H,1-2,5,11H2. The van der Waals surface area contributed by atoms with Gasteiger partial charge >= 0.3 is 0 Å². The maximum Gasteiger partial charge on any atom is 0.253 e. The summed E-state index contributed by atoms with van der Waals surface area (Å²) in [7, 11) is 0. The van der Waals surface area contributed by atoms with Gasteiger partial charge in [-0.15, -0.1) is 0 Å². The Labute approximate surface area is 77.0 Å². The van der Waals surface area contributed by atoms with Crippen LogP contribution < -0.4 is 5.73 Å². The molecule has 13 heavy (non-hydrogen) atoms. The van der Waals surface area contributed by atoms with Crippen LogP contribution in [0, 0.1) is 0 Å². The van der Waals surface area contributed by atoms with Crippen LogP contribution in [-0.2, 0) is 11.3 Å². The SMILES string of the molecule is NCc1ccnc([C]=O)c1C1CC1. The Bertz CT molecular complexity index is 332. The van der Waals surface area contributed by atoms with Crippen molar-refractivity contribution in [3.05, 3.63) is 29.1 Å². The molecule has 1 fully saturated rings. The van der Waals surface area contributed by atoms with Gasteiger partial charge in [-0.1, -0.05) is 0 Å². The van der Waals surface area contributed by atoms with E-state index in [1.807, 2.05) is 12.4 Å². The van der Waals surface area contributed by atoms with Crippen LogP contribution in [0.25, 0.3) is 0 Å². The Balaban J connectivity index is 2.50. The van der Waals surface area contributed by atoms with Crippen LogP contribution in [0.3, 0.4) is 0 Å². The zero-order valence-electron chi connectivity index (χ0n) is 7.29. The zero-order chi connectivity index (χ0) is 9.26.